The van der Waals surface area contributed by atoms with Crippen LogP contribution in [-0.2, 0) is 4.79 Å². The fourth-order valence-electron chi connectivity index (χ4n) is 2.13. The fraction of sp³-hybridized carbons (Fsp3) is 0.533. The molecular formula is C15H20ClNO3. The van der Waals surface area contributed by atoms with Gasteiger partial charge in [0.05, 0.1) is 6.61 Å². The Balaban J connectivity index is 2.07. The second-order valence-corrected chi connectivity index (χ2v) is 5.96. The highest BCUT2D eigenvalue weighted by molar-refractivity contribution is 6.30. The Labute approximate surface area is 124 Å². The molecule has 0 aromatic heterocycles. The number of aliphatic hydroxyl groups is 1. The Morgan fingerprint density at radius 2 is 2.00 bits per heavy atom. The molecule has 0 aliphatic heterocycles. The molecule has 0 atom stereocenters. The van der Waals surface area contributed by atoms with E-state index in [1.807, 2.05) is 0 Å². The van der Waals surface area contributed by atoms with E-state index in [-0.39, 0.29) is 18.6 Å². The lowest BCUT2D eigenvalue weighted by Gasteiger charge is -2.32. The molecule has 1 aromatic rings. The lowest BCUT2D eigenvalue weighted by Crippen LogP contribution is -2.50. The number of aliphatic hydroxyl groups excluding tert-OH is 1. The van der Waals surface area contributed by atoms with E-state index in [0.717, 1.165) is 12.8 Å². The van der Waals surface area contributed by atoms with Crippen molar-refractivity contribution in [1.29, 1.82) is 0 Å². The van der Waals surface area contributed by atoms with Crippen LogP contribution in [-0.4, -0.2) is 40.7 Å². The number of amides is 1. The van der Waals surface area contributed by atoms with E-state index in [2.05, 4.69) is 0 Å². The van der Waals surface area contributed by atoms with Crippen molar-refractivity contribution in [1.82, 2.24) is 4.90 Å². The van der Waals surface area contributed by atoms with Crippen LogP contribution >= 0.6 is 11.6 Å². The minimum atomic E-state index is -0.967. The SMILES string of the molecule is CC(C)(Oc1ccc(Cl)cc1)C(=O)N(CCO)C1CC1. The van der Waals surface area contributed by atoms with E-state index < -0.39 is 5.60 Å². The number of hydrogen-bond donors (Lipinski definition) is 1. The summed E-state index contributed by atoms with van der Waals surface area (Å²) >= 11 is 5.83. The quantitative estimate of drug-likeness (QED) is 0.877. The number of halogens is 1. The second-order valence-electron chi connectivity index (χ2n) is 5.52. The molecule has 1 saturated carbocycles. The smallest absolute Gasteiger partial charge is 0.266 e. The maximum Gasteiger partial charge on any atom is 0.266 e. The van der Waals surface area contributed by atoms with Crippen LogP contribution in [0.25, 0.3) is 0 Å². The molecule has 2 rings (SSSR count). The second kappa shape index (κ2) is 6.02. The lowest BCUT2D eigenvalue weighted by atomic mass is 10.1. The number of rotatable bonds is 6. The maximum absolute atomic E-state index is 12.6. The summed E-state index contributed by atoms with van der Waals surface area (Å²) in [5.41, 5.74) is -0.967. The van der Waals surface area contributed by atoms with Gasteiger partial charge in [0.1, 0.15) is 5.75 Å². The van der Waals surface area contributed by atoms with Crippen molar-refractivity contribution >= 4 is 17.5 Å². The summed E-state index contributed by atoms with van der Waals surface area (Å²) < 4.78 is 5.79. The summed E-state index contributed by atoms with van der Waals surface area (Å²) in [6, 6.07) is 7.19. The summed E-state index contributed by atoms with van der Waals surface area (Å²) in [6.07, 6.45) is 2.01. The normalized spacial score (nSPS) is 15.0. The highest BCUT2D eigenvalue weighted by atomic mass is 35.5. The third kappa shape index (κ3) is 3.64. The summed E-state index contributed by atoms with van der Waals surface area (Å²) in [4.78, 5) is 14.3. The molecule has 1 N–H and O–H groups in total. The van der Waals surface area contributed by atoms with Crippen molar-refractivity contribution in [3.8, 4) is 5.75 Å². The molecule has 4 nitrogen and oxygen atoms in total. The molecule has 0 radical (unpaired) electrons. The molecular weight excluding hydrogens is 278 g/mol. The number of ether oxygens (including phenoxy) is 1. The molecule has 0 bridgehead atoms. The zero-order valence-corrected chi connectivity index (χ0v) is 12.6. The van der Waals surface area contributed by atoms with Gasteiger partial charge < -0.3 is 14.7 Å². The highest BCUT2D eigenvalue weighted by Gasteiger charge is 2.40. The molecule has 1 aliphatic rings. The summed E-state index contributed by atoms with van der Waals surface area (Å²) in [5.74, 6) is 0.511. The van der Waals surface area contributed by atoms with Crippen LogP contribution in [0.1, 0.15) is 26.7 Å². The number of carbonyl (C=O) groups excluding carboxylic acids is 1. The van der Waals surface area contributed by atoms with Crippen molar-refractivity contribution in [2.75, 3.05) is 13.2 Å². The van der Waals surface area contributed by atoms with Crippen LogP contribution in [0.15, 0.2) is 24.3 Å². The van der Waals surface area contributed by atoms with E-state index in [4.69, 9.17) is 21.4 Å². The van der Waals surface area contributed by atoms with E-state index in [0.29, 0.717) is 17.3 Å². The van der Waals surface area contributed by atoms with E-state index in [1.54, 1.807) is 43.0 Å². The van der Waals surface area contributed by atoms with Crippen molar-refractivity contribution in [3.63, 3.8) is 0 Å². The summed E-state index contributed by atoms with van der Waals surface area (Å²) in [7, 11) is 0. The Hall–Kier alpha value is -1.26. The van der Waals surface area contributed by atoms with Crippen molar-refractivity contribution in [2.24, 2.45) is 0 Å². The van der Waals surface area contributed by atoms with Crippen LogP contribution in [0.3, 0.4) is 0 Å². The van der Waals surface area contributed by atoms with Crippen LogP contribution in [0.2, 0.25) is 5.02 Å². The Morgan fingerprint density at radius 1 is 1.40 bits per heavy atom. The first-order chi connectivity index (χ1) is 9.44. The van der Waals surface area contributed by atoms with Crippen molar-refractivity contribution < 1.29 is 14.6 Å². The van der Waals surface area contributed by atoms with Gasteiger partial charge in [0.15, 0.2) is 5.60 Å². The predicted molar refractivity (Wildman–Crippen MR) is 78.0 cm³/mol. The molecule has 0 heterocycles. The largest absolute Gasteiger partial charge is 0.478 e. The van der Waals surface area contributed by atoms with Crippen molar-refractivity contribution in [2.45, 2.75) is 38.3 Å². The Bertz CT molecular complexity index is 469. The van der Waals surface area contributed by atoms with Crippen LogP contribution in [0, 0.1) is 0 Å². The molecule has 110 valence electrons. The molecule has 0 spiro atoms. The van der Waals surface area contributed by atoms with E-state index in [1.165, 1.54) is 0 Å². The Kier molecular flexibility index (Phi) is 4.55. The first-order valence-corrected chi connectivity index (χ1v) is 7.18. The Morgan fingerprint density at radius 3 is 2.50 bits per heavy atom. The molecule has 0 saturated heterocycles. The van der Waals surface area contributed by atoms with Gasteiger partial charge in [-0.1, -0.05) is 11.6 Å². The summed E-state index contributed by atoms with van der Waals surface area (Å²) in [5, 5.41) is 9.73. The highest BCUT2D eigenvalue weighted by Crippen LogP contribution is 2.30. The van der Waals surface area contributed by atoms with E-state index >= 15 is 0 Å². The van der Waals surface area contributed by atoms with Crippen molar-refractivity contribution in [3.05, 3.63) is 29.3 Å². The average molecular weight is 298 g/mol. The van der Waals surface area contributed by atoms with Crippen LogP contribution in [0.4, 0.5) is 0 Å². The van der Waals surface area contributed by atoms with Gasteiger partial charge in [-0.25, -0.2) is 0 Å². The number of hydrogen-bond acceptors (Lipinski definition) is 3. The topological polar surface area (TPSA) is 49.8 Å². The minimum Gasteiger partial charge on any atom is -0.478 e. The number of nitrogens with zero attached hydrogens (tertiary/aromatic N) is 1. The molecule has 5 heteroatoms. The molecule has 0 unspecified atom stereocenters. The third-order valence-corrected chi connectivity index (χ3v) is 3.54. The van der Waals surface area contributed by atoms with Gasteiger partial charge in [0.25, 0.3) is 5.91 Å². The lowest BCUT2D eigenvalue weighted by molar-refractivity contribution is -0.146. The molecule has 1 aliphatic carbocycles. The van der Waals surface area contributed by atoms with Gasteiger partial charge in [-0.15, -0.1) is 0 Å². The van der Waals surface area contributed by atoms with Gasteiger partial charge in [0.2, 0.25) is 0 Å². The summed E-state index contributed by atoms with van der Waals surface area (Å²) in [6.45, 7) is 3.82. The molecule has 1 fully saturated rings. The maximum atomic E-state index is 12.6. The first-order valence-electron chi connectivity index (χ1n) is 6.80. The van der Waals surface area contributed by atoms with Gasteiger partial charge in [-0.3, -0.25) is 4.79 Å². The standard InChI is InChI=1S/C15H20ClNO3/c1-15(2,20-13-7-3-11(16)4-8-13)14(19)17(9-10-18)12-5-6-12/h3-4,7-8,12,18H,5-6,9-10H2,1-2H3. The first kappa shape index (κ1) is 15.1. The number of carbonyl (C=O) groups is 1. The zero-order chi connectivity index (χ0) is 14.8. The fourth-order valence-corrected chi connectivity index (χ4v) is 2.26. The van der Waals surface area contributed by atoms with Gasteiger partial charge >= 0.3 is 0 Å². The third-order valence-electron chi connectivity index (χ3n) is 3.29. The number of benzene rings is 1. The van der Waals surface area contributed by atoms with Gasteiger partial charge in [-0.2, -0.15) is 0 Å². The monoisotopic (exact) mass is 297 g/mol. The van der Waals surface area contributed by atoms with Gasteiger partial charge in [-0.05, 0) is 51.0 Å². The molecule has 1 amide bonds. The zero-order valence-electron chi connectivity index (χ0n) is 11.8. The minimum absolute atomic E-state index is 0.0285. The molecule has 20 heavy (non-hydrogen) atoms. The predicted octanol–water partition coefficient (Wildman–Crippen LogP) is 2.48. The van der Waals surface area contributed by atoms with Crippen LogP contribution in [0.5, 0.6) is 5.75 Å². The van der Waals surface area contributed by atoms with Crippen LogP contribution < -0.4 is 4.74 Å². The van der Waals surface area contributed by atoms with E-state index in [9.17, 15) is 4.79 Å². The average Bonchev–Trinajstić information content (AvgIpc) is 3.22. The van der Waals surface area contributed by atoms with Gasteiger partial charge in [0, 0.05) is 17.6 Å². The molecule has 1 aromatic carbocycles.